The molecule has 1 heterocycles. The highest BCUT2D eigenvalue weighted by atomic mass is 79.9. The molecule has 2 amide bonds. The predicted octanol–water partition coefficient (Wildman–Crippen LogP) is 1.13. The second kappa shape index (κ2) is 5.80. The fraction of sp³-hybridized carbons (Fsp3) is 0.250. The van der Waals surface area contributed by atoms with E-state index in [2.05, 4.69) is 21.2 Å². The van der Waals surface area contributed by atoms with Crippen LogP contribution in [0.1, 0.15) is 10.4 Å². The van der Waals surface area contributed by atoms with E-state index < -0.39 is 23.8 Å². The Kier molecular flexibility index (Phi) is 4.29. The summed E-state index contributed by atoms with van der Waals surface area (Å²) in [4.78, 5) is 36.0. The Morgan fingerprint density at radius 2 is 2.15 bits per heavy atom. The van der Waals surface area contributed by atoms with Crippen LogP contribution in [0.2, 0.25) is 5.02 Å². The molecule has 1 fully saturated rings. The van der Waals surface area contributed by atoms with Crippen molar-refractivity contribution in [3.63, 3.8) is 0 Å². The number of aliphatic carboxylic acids is 1. The van der Waals surface area contributed by atoms with Crippen molar-refractivity contribution in [3.05, 3.63) is 33.3 Å². The van der Waals surface area contributed by atoms with E-state index in [-0.39, 0.29) is 18.7 Å². The predicted molar refractivity (Wildman–Crippen MR) is 74.6 cm³/mol. The normalized spacial score (nSPS) is 18.6. The van der Waals surface area contributed by atoms with Crippen LogP contribution in [0.3, 0.4) is 0 Å². The zero-order valence-corrected chi connectivity index (χ0v) is 12.4. The van der Waals surface area contributed by atoms with E-state index in [4.69, 9.17) is 16.7 Å². The Balaban J connectivity index is 2.36. The lowest BCUT2D eigenvalue weighted by Gasteiger charge is -2.32. The largest absolute Gasteiger partial charge is 0.480 e. The van der Waals surface area contributed by atoms with Crippen LogP contribution in [-0.4, -0.2) is 46.9 Å². The molecule has 0 spiro atoms. The Morgan fingerprint density at radius 1 is 1.45 bits per heavy atom. The monoisotopic (exact) mass is 360 g/mol. The van der Waals surface area contributed by atoms with Gasteiger partial charge >= 0.3 is 5.97 Å². The molecule has 8 heteroatoms. The van der Waals surface area contributed by atoms with Gasteiger partial charge in [0.2, 0.25) is 5.91 Å². The molecular weight excluding hydrogens is 351 g/mol. The Labute approximate surface area is 127 Å². The highest BCUT2D eigenvalue weighted by Gasteiger charge is 2.36. The molecule has 0 aromatic heterocycles. The van der Waals surface area contributed by atoms with E-state index in [9.17, 15) is 14.4 Å². The molecule has 1 aliphatic heterocycles. The molecule has 2 N–H and O–H groups in total. The molecule has 1 atom stereocenters. The number of rotatable bonds is 2. The Morgan fingerprint density at radius 3 is 2.80 bits per heavy atom. The molecule has 0 bridgehead atoms. The smallest absolute Gasteiger partial charge is 0.328 e. The average Bonchev–Trinajstić information content (AvgIpc) is 2.40. The molecule has 0 saturated carbocycles. The summed E-state index contributed by atoms with van der Waals surface area (Å²) in [5, 5.41) is 11.9. The van der Waals surface area contributed by atoms with E-state index in [0.717, 1.165) is 4.90 Å². The van der Waals surface area contributed by atoms with Crippen molar-refractivity contribution < 1.29 is 19.5 Å². The van der Waals surface area contributed by atoms with Crippen LogP contribution < -0.4 is 5.32 Å². The summed E-state index contributed by atoms with van der Waals surface area (Å²) in [5.41, 5.74) is 0.221. The van der Waals surface area contributed by atoms with Crippen LogP contribution in [0, 0.1) is 0 Å². The zero-order chi connectivity index (χ0) is 14.9. The van der Waals surface area contributed by atoms with Crippen LogP contribution in [-0.2, 0) is 9.59 Å². The molecule has 1 aliphatic rings. The van der Waals surface area contributed by atoms with Gasteiger partial charge in [-0.15, -0.1) is 0 Å². The standard InChI is InChI=1S/C12H10BrClN2O4/c13-8-2-1-6(14)3-7(8)11(18)16-5-10(17)15-4-9(16)12(19)20/h1-3,9H,4-5H2,(H,15,17)(H,19,20). The van der Waals surface area contributed by atoms with E-state index in [0.29, 0.717) is 9.50 Å². The number of carboxylic acids is 1. The molecule has 1 unspecified atom stereocenters. The molecule has 20 heavy (non-hydrogen) atoms. The van der Waals surface area contributed by atoms with Crippen LogP contribution in [0.25, 0.3) is 0 Å². The van der Waals surface area contributed by atoms with Crippen molar-refractivity contribution in [2.45, 2.75) is 6.04 Å². The summed E-state index contributed by atoms with van der Waals surface area (Å²) < 4.78 is 0.488. The van der Waals surface area contributed by atoms with Gasteiger partial charge in [-0.1, -0.05) is 11.6 Å². The SMILES string of the molecule is O=C1CN(C(=O)c2cc(Cl)ccc2Br)C(C(=O)O)CN1. The average molecular weight is 362 g/mol. The molecule has 1 aromatic carbocycles. The Hall–Kier alpha value is -1.60. The van der Waals surface area contributed by atoms with Crippen molar-refractivity contribution >= 4 is 45.3 Å². The van der Waals surface area contributed by atoms with Gasteiger partial charge in [-0.25, -0.2) is 4.79 Å². The Bertz CT molecular complexity index is 593. The van der Waals surface area contributed by atoms with Crippen molar-refractivity contribution in [2.24, 2.45) is 0 Å². The van der Waals surface area contributed by atoms with Crippen molar-refractivity contribution in [1.82, 2.24) is 10.2 Å². The summed E-state index contributed by atoms with van der Waals surface area (Å²) in [7, 11) is 0. The molecule has 0 aliphatic carbocycles. The number of carboxylic acid groups (broad SMARTS) is 1. The van der Waals surface area contributed by atoms with Crippen LogP contribution >= 0.6 is 27.5 Å². The first-order valence-corrected chi connectivity index (χ1v) is 6.83. The maximum absolute atomic E-state index is 12.4. The number of nitrogens with zero attached hydrogens (tertiary/aromatic N) is 1. The number of piperazine rings is 1. The number of carbonyl (C=O) groups is 3. The maximum atomic E-state index is 12.4. The highest BCUT2D eigenvalue weighted by molar-refractivity contribution is 9.10. The number of carbonyl (C=O) groups excluding carboxylic acids is 2. The number of halogens is 2. The molecule has 0 radical (unpaired) electrons. The molecular formula is C12H10BrClN2O4. The number of benzene rings is 1. The third kappa shape index (κ3) is 2.94. The van der Waals surface area contributed by atoms with Gasteiger partial charge in [0.05, 0.1) is 5.56 Å². The molecule has 2 rings (SSSR count). The first kappa shape index (κ1) is 14.8. The fourth-order valence-electron chi connectivity index (χ4n) is 1.89. The highest BCUT2D eigenvalue weighted by Crippen LogP contribution is 2.23. The minimum Gasteiger partial charge on any atom is -0.480 e. The summed E-state index contributed by atoms with van der Waals surface area (Å²) in [6.45, 7) is -0.410. The van der Waals surface area contributed by atoms with Crippen LogP contribution in [0.15, 0.2) is 22.7 Å². The molecule has 6 nitrogen and oxygen atoms in total. The van der Waals surface area contributed by atoms with Gasteiger partial charge in [0.25, 0.3) is 5.91 Å². The van der Waals surface area contributed by atoms with Gasteiger partial charge < -0.3 is 15.3 Å². The van der Waals surface area contributed by atoms with Crippen LogP contribution in [0.5, 0.6) is 0 Å². The number of hydrogen-bond donors (Lipinski definition) is 2. The topological polar surface area (TPSA) is 86.7 Å². The summed E-state index contributed by atoms with van der Waals surface area (Å²) in [6, 6.07) is 3.53. The quantitative estimate of drug-likeness (QED) is 0.827. The molecule has 1 aromatic rings. The minimum atomic E-state index is -1.17. The second-order valence-corrected chi connectivity index (χ2v) is 5.51. The first-order chi connectivity index (χ1) is 9.40. The van der Waals surface area contributed by atoms with Gasteiger partial charge in [-0.3, -0.25) is 9.59 Å². The van der Waals surface area contributed by atoms with Gasteiger partial charge in [0.15, 0.2) is 0 Å². The van der Waals surface area contributed by atoms with Crippen molar-refractivity contribution in [2.75, 3.05) is 13.1 Å². The maximum Gasteiger partial charge on any atom is 0.328 e. The summed E-state index contributed by atoms with van der Waals surface area (Å²) in [6.07, 6.45) is 0. The number of amides is 2. The fourth-order valence-corrected chi connectivity index (χ4v) is 2.48. The molecule has 1 saturated heterocycles. The van der Waals surface area contributed by atoms with Gasteiger partial charge in [0.1, 0.15) is 12.6 Å². The molecule has 106 valence electrons. The van der Waals surface area contributed by atoms with E-state index in [1.165, 1.54) is 6.07 Å². The number of hydrogen-bond acceptors (Lipinski definition) is 3. The first-order valence-electron chi connectivity index (χ1n) is 5.65. The van der Waals surface area contributed by atoms with Crippen molar-refractivity contribution in [3.8, 4) is 0 Å². The van der Waals surface area contributed by atoms with E-state index in [1.54, 1.807) is 12.1 Å². The second-order valence-electron chi connectivity index (χ2n) is 4.22. The lowest BCUT2D eigenvalue weighted by molar-refractivity contribution is -0.144. The van der Waals surface area contributed by atoms with Crippen LogP contribution in [0.4, 0.5) is 0 Å². The third-order valence-corrected chi connectivity index (χ3v) is 3.81. The van der Waals surface area contributed by atoms with Gasteiger partial charge in [-0.2, -0.15) is 0 Å². The third-order valence-electron chi connectivity index (χ3n) is 2.89. The zero-order valence-electron chi connectivity index (χ0n) is 10.1. The summed E-state index contributed by atoms with van der Waals surface area (Å²) >= 11 is 9.06. The minimum absolute atomic E-state index is 0.113. The lowest BCUT2D eigenvalue weighted by atomic mass is 10.1. The summed E-state index contributed by atoms with van der Waals surface area (Å²) in [5.74, 6) is -2.12. The van der Waals surface area contributed by atoms with Crippen molar-refractivity contribution in [1.29, 1.82) is 0 Å². The van der Waals surface area contributed by atoms with E-state index >= 15 is 0 Å². The number of nitrogens with one attached hydrogen (secondary N) is 1. The lowest BCUT2D eigenvalue weighted by Crippen LogP contribution is -2.59. The van der Waals surface area contributed by atoms with Gasteiger partial charge in [-0.05, 0) is 34.1 Å². The van der Waals surface area contributed by atoms with E-state index in [1.807, 2.05) is 0 Å². The van der Waals surface area contributed by atoms with Gasteiger partial charge in [0, 0.05) is 16.0 Å².